The lowest BCUT2D eigenvalue weighted by Gasteiger charge is -2.58. The van der Waals surface area contributed by atoms with Gasteiger partial charge in [-0.25, -0.2) is 0 Å². The lowest BCUT2D eigenvalue weighted by atomic mass is 9.47. The Kier molecular flexibility index (Phi) is 12.9. The van der Waals surface area contributed by atoms with Crippen molar-refractivity contribution in [3.63, 3.8) is 0 Å². The molecule has 38 heavy (non-hydrogen) atoms. The molecule has 3 heteroatoms. The molecule has 4 rings (SSSR count). The first-order valence-electron chi connectivity index (χ1n) is 16.0. The van der Waals surface area contributed by atoms with Gasteiger partial charge < -0.3 is 11.5 Å². The molecule has 220 valence electrons. The molecule has 0 saturated heterocycles. The SMILES string of the molecule is CC.CC(C)/C(N)=C/N.CSC1CCC2(C)C(=CCC3C2CCC2(C)C(C(C)CCC=C(C)C)CCC32)C1. The standard InChI is InChI=1S/C28H46S.C5H12N2.C2H6/c1-19(2)8-7-9-20(3)24-12-13-25-23-11-10-21-18-22(29-6)14-16-27(21,4)26(23)15-17-28(24,25)5;1-4(2)5(7)3-6;1-2/h8,10,20,22-26H,7,9,11-18H2,1-6H3;3-4H,6-7H2,1-2H3;1-2H3/b;5-3-;. The number of hydrogen-bond acceptors (Lipinski definition) is 3. The quantitative estimate of drug-likeness (QED) is 0.327. The molecule has 0 aliphatic heterocycles. The van der Waals surface area contributed by atoms with Gasteiger partial charge in [0.2, 0.25) is 0 Å². The molecule has 0 bridgehead atoms. The van der Waals surface area contributed by atoms with Crippen LogP contribution in [-0.4, -0.2) is 11.5 Å². The third-order valence-corrected chi connectivity index (χ3v) is 12.3. The molecule has 0 spiro atoms. The highest BCUT2D eigenvalue weighted by atomic mass is 32.2. The summed E-state index contributed by atoms with van der Waals surface area (Å²) >= 11 is 2.11. The summed E-state index contributed by atoms with van der Waals surface area (Å²) in [6.07, 6.45) is 23.4. The number of allylic oxidation sites excluding steroid dienone is 5. The van der Waals surface area contributed by atoms with Crippen LogP contribution in [0.25, 0.3) is 0 Å². The zero-order valence-corrected chi connectivity index (χ0v) is 27.7. The Labute approximate surface area is 242 Å². The van der Waals surface area contributed by atoms with Gasteiger partial charge >= 0.3 is 0 Å². The molecule has 4 aliphatic carbocycles. The molecule has 3 saturated carbocycles. The number of nitrogens with two attached hydrogens (primary N) is 2. The minimum absolute atomic E-state index is 0.380. The molecule has 4 N–H and O–H groups in total. The van der Waals surface area contributed by atoms with Crippen molar-refractivity contribution in [3.8, 4) is 0 Å². The third-order valence-electron chi connectivity index (χ3n) is 11.2. The van der Waals surface area contributed by atoms with Crippen LogP contribution < -0.4 is 11.5 Å². The third kappa shape index (κ3) is 7.27. The summed E-state index contributed by atoms with van der Waals surface area (Å²) in [5.74, 6) is 5.17. The second-order valence-corrected chi connectivity index (χ2v) is 14.9. The second-order valence-electron chi connectivity index (χ2n) is 13.7. The molecule has 0 aromatic rings. The first-order chi connectivity index (χ1) is 18.0. The zero-order valence-electron chi connectivity index (χ0n) is 26.9. The van der Waals surface area contributed by atoms with Gasteiger partial charge in [0.1, 0.15) is 0 Å². The van der Waals surface area contributed by atoms with Gasteiger partial charge in [-0.05, 0) is 131 Å². The minimum atomic E-state index is 0.380. The highest BCUT2D eigenvalue weighted by Gasteiger charge is 2.59. The summed E-state index contributed by atoms with van der Waals surface area (Å²) in [4.78, 5) is 0. The van der Waals surface area contributed by atoms with E-state index in [2.05, 4.69) is 64.8 Å². The van der Waals surface area contributed by atoms with Crippen LogP contribution in [0, 0.1) is 46.3 Å². The summed E-state index contributed by atoms with van der Waals surface area (Å²) in [6, 6.07) is 0. The zero-order chi connectivity index (χ0) is 28.7. The molecule has 0 amide bonds. The van der Waals surface area contributed by atoms with Gasteiger partial charge in [-0.1, -0.05) is 71.8 Å². The minimum Gasteiger partial charge on any atom is -0.403 e. The molecule has 0 aromatic carbocycles. The fourth-order valence-corrected chi connectivity index (χ4v) is 9.53. The average Bonchev–Trinajstić information content (AvgIpc) is 3.26. The number of hydrogen-bond donors (Lipinski definition) is 2. The second kappa shape index (κ2) is 14.7. The van der Waals surface area contributed by atoms with Crippen molar-refractivity contribution in [3.05, 3.63) is 35.2 Å². The van der Waals surface area contributed by atoms with E-state index in [4.69, 9.17) is 11.5 Å². The van der Waals surface area contributed by atoms with E-state index in [0.29, 0.717) is 16.7 Å². The molecule has 8 atom stereocenters. The van der Waals surface area contributed by atoms with E-state index in [9.17, 15) is 0 Å². The summed E-state index contributed by atoms with van der Waals surface area (Å²) < 4.78 is 0. The van der Waals surface area contributed by atoms with Gasteiger partial charge in [-0.15, -0.1) is 0 Å². The molecule has 0 aromatic heterocycles. The molecule has 4 aliphatic rings. The van der Waals surface area contributed by atoms with Crippen molar-refractivity contribution >= 4 is 11.8 Å². The van der Waals surface area contributed by atoms with Crippen molar-refractivity contribution in [1.29, 1.82) is 0 Å². The monoisotopic (exact) mass is 544 g/mol. The topological polar surface area (TPSA) is 52.0 Å². The fraction of sp³-hybridized carbons (Fsp3) is 0.829. The van der Waals surface area contributed by atoms with Gasteiger partial charge in [0.05, 0.1) is 0 Å². The van der Waals surface area contributed by atoms with E-state index in [1.165, 1.54) is 76.0 Å². The predicted octanol–water partition coefficient (Wildman–Crippen LogP) is 10.1. The smallest absolute Gasteiger partial charge is 0.0264 e. The van der Waals surface area contributed by atoms with Crippen LogP contribution >= 0.6 is 11.8 Å². The van der Waals surface area contributed by atoms with Gasteiger partial charge in [0, 0.05) is 17.1 Å². The molecular formula is C35H64N2S. The van der Waals surface area contributed by atoms with Crippen molar-refractivity contribution in [1.82, 2.24) is 0 Å². The first-order valence-corrected chi connectivity index (χ1v) is 17.3. The molecule has 0 radical (unpaired) electrons. The highest BCUT2D eigenvalue weighted by Crippen LogP contribution is 2.67. The Morgan fingerprint density at radius 3 is 2.29 bits per heavy atom. The Morgan fingerprint density at radius 1 is 1.05 bits per heavy atom. The van der Waals surface area contributed by atoms with Gasteiger partial charge in [0.15, 0.2) is 0 Å². The van der Waals surface area contributed by atoms with E-state index < -0.39 is 0 Å². The maximum Gasteiger partial charge on any atom is 0.0264 e. The van der Waals surface area contributed by atoms with E-state index in [1.54, 1.807) is 0 Å². The molecule has 3 fully saturated rings. The van der Waals surface area contributed by atoms with E-state index >= 15 is 0 Å². The van der Waals surface area contributed by atoms with Gasteiger partial charge in [-0.3, -0.25) is 0 Å². The van der Waals surface area contributed by atoms with Crippen LogP contribution in [0.4, 0.5) is 0 Å². The lowest BCUT2D eigenvalue weighted by molar-refractivity contribution is -0.0495. The van der Waals surface area contributed by atoms with E-state index in [0.717, 1.165) is 40.5 Å². The largest absolute Gasteiger partial charge is 0.403 e. The van der Waals surface area contributed by atoms with Gasteiger partial charge in [0.25, 0.3) is 0 Å². The lowest BCUT2D eigenvalue weighted by Crippen LogP contribution is -2.50. The molecule has 8 unspecified atom stereocenters. The predicted molar refractivity (Wildman–Crippen MR) is 173 cm³/mol. The normalized spacial score (nSPS) is 36.8. The number of thioether (sulfide) groups is 1. The van der Waals surface area contributed by atoms with Crippen molar-refractivity contribution in [2.75, 3.05) is 6.26 Å². The van der Waals surface area contributed by atoms with Crippen molar-refractivity contribution in [2.45, 2.75) is 132 Å². The maximum absolute atomic E-state index is 5.35. The Hall–Kier alpha value is -0.830. The average molecular weight is 545 g/mol. The molecule has 0 heterocycles. The Balaban J connectivity index is 0.000000491. The van der Waals surface area contributed by atoms with E-state index in [1.807, 2.05) is 33.3 Å². The molecular weight excluding hydrogens is 480 g/mol. The van der Waals surface area contributed by atoms with Crippen LogP contribution in [0.5, 0.6) is 0 Å². The summed E-state index contributed by atoms with van der Waals surface area (Å²) in [5.41, 5.74) is 15.7. The Bertz CT molecular complexity index is 822. The van der Waals surface area contributed by atoms with E-state index in [-0.39, 0.29) is 0 Å². The van der Waals surface area contributed by atoms with Crippen LogP contribution in [0.15, 0.2) is 35.2 Å². The highest BCUT2D eigenvalue weighted by molar-refractivity contribution is 7.99. The summed E-state index contributed by atoms with van der Waals surface area (Å²) in [5, 5.41) is 0.886. The van der Waals surface area contributed by atoms with Crippen molar-refractivity contribution < 1.29 is 0 Å². The maximum atomic E-state index is 5.35. The molecule has 2 nitrogen and oxygen atoms in total. The number of fused-ring (bicyclic) bond motifs is 5. The van der Waals surface area contributed by atoms with Crippen LogP contribution in [-0.2, 0) is 0 Å². The first kappa shape index (κ1) is 33.4. The van der Waals surface area contributed by atoms with Gasteiger partial charge in [-0.2, -0.15) is 11.8 Å². The van der Waals surface area contributed by atoms with Crippen LogP contribution in [0.3, 0.4) is 0 Å². The van der Waals surface area contributed by atoms with Crippen LogP contribution in [0.2, 0.25) is 0 Å². The Morgan fingerprint density at radius 2 is 1.74 bits per heavy atom. The number of rotatable bonds is 6. The summed E-state index contributed by atoms with van der Waals surface area (Å²) in [7, 11) is 0. The summed E-state index contributed by atoms with van der Waals surface area (Å²) in [6.45, 7) is 20.5. The fourth-order valence-electron chi connectivity index (χ4n) is 8.83. The van der Waals surface area contributed by atoms with Crippen LogP contribution in [0.1, 0.15) is 127 Å². The van der Waals surface area contributed by atoms with Crippen molar-refractivity contribution in [2.24, 2.45) is 57.8 Å².